The molecule has 1 heterocycles. The summed E-state index contributed by atoms with van der Waals surface area (Å²) in [6.45, 7) is 1.94. The van der Waals surface area contributed by atoms with Gasteiger partial charge in [0.2, 0.25) is 5.91 Å². The van der Waals surface area contributed by atoms with E-state index in [1.54, 1.807) is 12.1 Å². The van der Waals surface area contributed by atoms with Crippen LogP contribution in [0.25, 0.3) is 0 Å². The minimum absolute atomic E-state index is 0. The van der Waals surface area contributed by atoms with Gasteiger partial charge in [-0.05, 0) is 25.0 Å². The Labute approximate surface area is 131 Å². The molecule has 3 N–H and O–H groups in total. The largest absolute Gasteiger partial charge is 0.352 e. The first-order valence-corrected chi connectivity index (χ1v) is 7.03. The van der Waals surface area contributed by atoms with Gasteiger partial charge in [0.25, 0.3) is 5.91 Å². The van der Waals surface area contributed by atoms with Crippen molar-refractivity contribution in [3.63, 3.8) is 0 Å². The van der Waals surface area contributed by atoms with E-state index in [0.29, 0.717) is 31.5 Å². The summed E-state index contributed by atoms with van der Waals surface area (Å²) < 4.78 is 0. The third kappa shape index (κ3) is 5.36. The van der Waals surface area contributed by atoms with E-state index in [1.807, 2.05) is 23.1 Å². The lowest BCUT2D eigenvalue weighted by Crippen LogP contribution is -2.32. The van der Waals surface area contributed by atoms with Gasteiger partial charge in [-0.2, -0.15) is 0 Å². The first-order chi connectivity index (χ1) is 9.66. The highest BCUT2D eigenvalue weighted by atomic mass is 35.5. The van der Waals surface area contributed by atoms with Crippen molar-refractivity contribution < 1.29 is 9.59 Å². The van der Waals surface area contributed by atoms with Gasteiger partial charge in [-0.1, -0.05) is 18.2 Å². The number of nitrogens with zero attached hydrogens (tertiary/aromatic N) is 1. The molecule has 0 saturated carbocycles. The van der Waals surface area contributed by atoms with Crippen LogP contribution in [0.2, 0.25) is 0 Å². The topological polar surface area (TPSA) is 75.4 Å². The fourth-order valence-electron chi connectivity index (χ4n) is 2.31. The zero-order valence-corrected chi connectivity index (χ0v) is 12.8. The van der Waals surface area contributed by atoms with Crippen LogP contribution in [0, 0.1) is 0 Å². The Kier molecular flexibility index (Phi) is 7.19. The number of nitrogens with two attached hydrogens (primary N) is 1. The number of rotatable bonds is 5. The number of carbonyl (C=O) groups excluding carboxylic acids is 2. The molecule has 0 bridgehead atoms. The van der Waals surface area contributed by atoms with Crippen LogP contribution >= 0.6 is 12.4 Å². The molecule has 1 saturated heterocycles. The summed E-state index contributed by atoms with van der Waals surface area (Å²) in [6, 6.07) is 9.19. The molecule has 0 aliphatic carbocycles. The summed E-state index contributed by atoms with van der Waals surface area (Å²) in [5.41, 5.74) is 6.41. The van der Waals surface area contributed by atoms with Crippen molar-refractivity contribution in [1.82, 2.24) is 10.2 Å². The second-order valence-electron chi connectivity index (χ2n) is 5.11. The molecule has 2 amide bonds. The standard InChI is InChI=1S/C15H21N3O2.ClH/c16-13-8-10-18(11-13)14(19)7-4-9-17-15(20)12-5-2-1-3-6-12;/h1-3,5-6,13H,4,7-11,16H2,(H,17,20);1H/t13-;/m1./s1. The van der Waals surface area contributed by atoms with E-state index in [2.05, 4.69) is 5.32 Å². The lowest BCUT2D eigenvalue weighted by Gasteiger charge is -2.15. The second kappa shape index (κ2) is 8.64. The van der Waals surface area contributed by atoms with Crippen LogP contribution in [-0.4, -0.2) is 42.4 Å². The van der Waals surface area contributed by atoms with Crippen molar-refractivity contribution in [2.75, 3.05) is 19.6 Å². The number of amides is 2. The molecule has 1 fully saturated rings. The Hall–Kier alpha value is -1.59. The van der Waals surface area contributed by atoms with E-state index in [9.17, 15) is 9.59 Å². The summed E-state index contributed by atoms with van der Waals surface area (Å²) in [7, 11) is 0. The molecule has 2 rings (SSSR count). The van der Waals surface area contributed by atoms with Gasteiger partial charge in [0.05, 0.1) is 0 Å². The monoisotopic (exact) mass is 311 g/mol. The van der Waals surface area contributed by atoms with E-state index in [0.717, 1.165) is 13.0 Å². The zero-order valence-electron chi connectivity index (χ0n) is 12.0. The molecule has 6 heteroatoms. The minimum Gasteiger partial charge on any atom is -0.352 e. The third-order valence-corrected chi connectivity index (χ3v) is 3.47. The van der Waals surface area contributed by atoms with Crippen LogP contribution in [0.3, 0.4) is 0 Å². The molecule has 0 unspecified atom stereocenters. The number of nitrogens with one attached hydrogen (secondary N) is 1. The highest BCUT2D eigenvalue weighted by Crippen LogP contribution is 2.09. The molecule has 1 aromatic carbocycles. The Morgan fingerprint density at radius 1 is 1.29 bits per heavy atom. The first-order valence-electron chi connectivity index (χ1n) is 7.03. The maximum Gasteiger partial charge on any atom is 0.251 e. The van der Waals surface area contributed by atoms with Crippen molar-refractivity contribution in [2.45, 2.75) is 25.3 Å². The van der Waals surface area contributed by atoms with Gasteiger partial charge in [-0.3, -0.25) is 9.59 Å². The summed E-state index contributed by atoms with van der Waals surface area (Å²) in [5, 5.41) is 2.82. The average Bonchev–Trinajstić information content (AvgIpc) is 2.91. The van der Waals surface area contributed by atoms with E-state index in [-0.39, 0.29) is 30.3 Å². The summed E-state index contributed by atoms with van der Waals surface area (Å²) >= 11 is 0. The quantitative estimate of drug-likeness (QED) is 0.802. The van der Waals surface area contributed by atoms with Gasteiger partial charge in [0.1, 0.15) is 0 Å². The molecule has 0 aromatic heterocycles. The molecule has 1 aliphatic rings. The lowest BCUT2D eigenvalue weighted by molar-refractivity contribution is -0.130. The number of hydrogen-bond acceptors (Lipinski definition) is 3. The minimum atomic E-state index is -0.0961. The summed E-state index contributed by atoms with van der Waals surface area (Å²) in [5.74, 6) is 0.0353. The van der Waals surface area contributed by atoms with Gasteiger partial charge in [-0.15, -0.1) is 12.4 Å². The molecule has 5 nitrogen and oxygen atoms in total. The Morgan fingerprint density at radius 2 is 2.00 bits per heavy atom. The van der Waals surface area contributed by atoms with Gasteiger partial charge < -0.3 is 16.0 Å². The number of halogens is 1. The molecular weight excluding hydrogens is 290 g/mol. The van der Waals surface area contributed by atoms with Gasteiger partial charge >= 0.3 is 0 Å². The third-order valence-electron chi connectivity index (χ3n) is 3.47. The van der Waals surface area contributed by atoms with Gasteiger partial charge in [0, 0.05) is 37.7 Å². The molecule has 1 aromatic rings. The maximum atomic E-state index is 11.9. The van der Waals surface area contributed by atoms with Crippen LogP contribution < -0.4 is 11.1 Å². The number of benzene rings is 1. The van der Waals surface area contributed by atoms with Crippen LogP contribution in [0.15, 0.2) is 30.3 Å². The zero-order chi connectivity index (χ0) is 14.4. The fourth-order valence-corrected chi connectivity index (χ4v) is 2.31. The normalized spacial score (nSPS) is 17.2. The molecular formula is C15H22ClN3O2. The number of carbonyl (C=O) groups is 2. The van der Waals surface area contributed by atoms with Crippen LogP contribution in [-0.2, 0) is 4.79 Å². The van der Waals surface area contributed by atoms with Crippen molar-refractivity contribution in [3.05, 3.63) is 35.9 Å². The highest BCUT2D eigenvalue weighted by molar-refractivity contribution is 5.94. The van der Waals surface area contributed by atoms with E-state index < -0.39 is 0 Å². The molecule has 21 heavy (non-hydrogen) atoms. The molecule has 1 aliphatic heterocycles. The smallest absolute Gasteiger partial charge is 0.251 e. The number of hydrogen-bond donors (Lipinski definition) is 2. The van der Waals surface area contributed by atoms with Crippen LogP contribution in [0.4, 0.5) is 0 Å². The molecule has 116 valence electrons. The van der Waals surface area contributed by atoms with Crippen molar-refractivity contribution in [2.24, 2.45) is 5.73 Å². The van der Waals surface area contributed by atoms with Gasteiger partial charge in [-0.25, -0.2) is 0 Å². The van der Waals surface area contributed by atoms with Gasteiger partial charge in [0.15, 0.2) is 0 Å². The van der Waals surface area contributed by atoms with E-state index in [4.69, 9.17) is 5.73 Å². The van der Waals surface area contributed by atoms with E-state index in [1.165, 1.54) is 0 Å². The fraction of sp³-hybridized carbons (Fsp3) is 0.467. The van der Waals surface area contributed by atoms with Crippen LogP contribution in [0.1, 0.15) is 29.6 Å². The lowest BCUT2D eigenvalue weighted by atomic mass is 10.2. The first kappa shape index (κ1) is 17.5. The Morgan fingerprint density at radius 3 is 2.62 bits per heavy atom. The van der Waals surface area contributed by atoms with E-state index >= 15 is 0 Å². The Bertz CT molecular complexity index is 467. The highest BCUT2D eigenvalue weighted by Gasteiger charge is 2.22. The average molecular weight is 312 g/mol. The Balaban J connectivity index is 0.00000220. The predicted octanol–water partition coefficient (Wildman–Crippen LogP) is 1.18. The molecule has 1 atom stereocenters. The second-order valence-corrected chi connectivity index (χ2v) is 5.11. The van der Waals surface area contributed by atoms with Crippen molar-refractivity contribution >= 4 is 24.2 Å². The number of likely N-dealkylation sites (tertiary alicyclic amines) is 1. The predicted molar refractivity (Wildman–Crippen MR) is 84.4 cm³/mol. The molecule has 0 radical (unpaired) electrons. The van der Waals surface area contributed by atoms with Crippen molar-refractivity contribution in [3.8, 4) is 0 Å². The SMILES string of the molecule is Cl.N[C@@H]1CCN(C(=O)CCCNC(=O)c2ccccc2)C1. The maximum absolute atomic E-state index is 11.9. The van der Waals surface area contributed by atoms with Crippen molar-refractivity contribution in [1.29, 1.82) is 0 Å². The van der Waals surface area contributed by atoms with Crippen LogP contribution in [0.5, 0.6) is 0 Å². The summed E-state index contributed by atoms with van der Waals surface area (Å²) in [6.07, 6.45) is 2.00. The molecule has 0 spiro atoms. The summed E-state index contributed by atoms with van der Waals surface area (Å²) in [4.78, 5) is 25.4.